The average molecular weight is 265 g/mol. The van der Waals surface area contributed by atoms with Gasteiger partial charge in [-0.1, -0.05) is 24.2 Å². The number of ether oxygens (including phenoxy) is 1. The molecule has 19 heavy (non-hydrogen) atoms. The zero-order valence-electron chi connectivity index (χ0n) is 11.2. The van der Waals surface area contributed by atoms with Crippen LogP contribution in [0.2, 0.25) is 0 Å². The number of aromatic nitrogens is 5. The Hall–Kier alpha value is -2.25. The summed E-state index contributed by atoms with van der Waals surface area (Å²) in [5.74, 6) is -0.0520. The van der Waals surface area contributed by atoms with E-state index < -0.39 is 5.97 Å². The van der Waals surface area contributed by atoms with Crippen LogP contribution in [0, 0.1) is 6.92 Å². The van der Waals surface area contributed by atoms with Gasteiger partial charge in [0.15, 0.2) is 5.69 Å². The van der Waals surface area contributed by atoms with Gasteiger partial charge in [0.2, 0.25) is 5.82 Å². The first-order chi connectivity index (χ1) is 9.06. The Labute approximate surface area is 109 Å². The van der Waals surface area contributed by atoms with Gasteiger partial charge in [-0.25, -0.2) is 9.42 Å². The zero-order valence-corrected chi connectivity index (χ0v) is 11.2. The molecule has 0 saturated carbocycles. The van der Waals surface area contributed by atoms with E-state index in [1.165, 1.54) is 4.68 Å². The number of aryl methyl sites for hydroxylation is 1. The lowest BCUT2D eigenvalue weighted by Crippen LogP contribution is -2.12. The lowest BCUT2D eigenvalue weighted by Gasteiger charge is -2.08. The molecule has 0 bridgehead atoms. The van der Waals surface area contributed by atoms with Crippen LogP contribution >= 0.6 is 0 Å². The second-order valence-corrected chi connectivity index (χ2v) is 4.28. The maximum atomic E-state index is 11.8. The molecule has 8 heteroatoms. The van der Waals surface area contributed by atoms with E-state index in [4.69, 9.17) is 4.74 Å². The predicted molar refractivity (Wildman–Crippen MR) is 64.0 cm³/mol. The Morgan fingerprint density at radius 3 is 2.68 bits per heavy atom. The fourth-order valence-corrected chi connectivity index (χ4v) is 1.73. The van der Waals surface area contributed by atoms with Gasteiger partial charge in [-0.15, -0.1) is 5.10 Å². The fourth-order valence-electron chi connectivity index (χ4n) is 1.73. The summed E-state index contributed by atoms with van der Waals surface area (Å²) in [7, 11) is 0. The second kappa shape index (κ2) is 5.17. The van der Waals surface area contributed by atoms with E-state index >= 15 is 0 Å². The van der Waals surface area contributed by atoms with Crippen molar-refractivity contribution in [2.75, 3.05) is 6.61 Å². The molecule has 0 radical (unpaired) electrons. The molecule has 0 aliphatic carbocycles. The van der Waals surface area contributed by atoms with Crippen LogP contribution in [0.15, 0.2) is 4.63 Å². The van der Waals surface area contributed by atoms with E-state index in [9.17, 15) is 4.79 Å². The molecule has 2 rings (SSSR count). The lowest BCUT2D eigenvalue weighted by atomic mass is 10.1. The van der Waals surface area contributed by atoms with Crippen molar-refractivity contribution < 1.29 is 14.2 Å². The molecule has 0 aliphatic heterocycles. The summed E-state index contributed by atoms with van der Waals surface area (Å²) in [5, 5.41) is 15.3. The lowest BCUT2D eigenvalue weighted by molar-refractivity contribution is 0.0517. The van der Waals surface area contributed by atoms with E-state index in [0.717, 1.165) is 0 Å². The molecule has 0 saturated heterocycles. The number of rotatable bonds is 4. The van der Waals surface area contributed by atoms with Crippen molar-refractivity contribution in [2.45, 2.75) is 33.6 Å². The Kier molecular flexibility index (Phi) is 3.59. The standard InChI is InChI=1S/C11H15N5O3/c1-5-18-11(17)8-9(6(2)3)16(15-12-8)10-7(4)13-19-14-10/h6H,5H2,1-4H3. The molecule has 102 valence electrons. The van der Waals surface area contributed by atoms with Crippen LogP contribution in [-0.2, 0) is 4.74 Å². The largest absolute Gasteiger partial charge is 0.461 e. The van der Waals surface area contributed by atoms with Crippen LogP contribution in [0.3, 0.4) is 0 Å². The van der Waals surface area contributed by atoms with Gasteiger partial charge in [0, 0.05) is 0 Å². The van der Waals surface area contributed by atoms with Crippen LogP contribution < -0.4 is 0 Å². The molecule has 2 aromatic heterocycles. The minimum atomic E-state index is -0.494. The van der Waals surface area contributed by atoms with Crippen molar-refractivity contribution in [3.63, 3.8) is 0 Å². The van der Waals surface area contributed by atoms with E-state index in [1.807, 2.05) is 13.8 Å². The summed E-state index contributed by atoms with van der Waals surface area (Å²) in [6, 6.07) is 0. The summed E-state index contributed by atoms with van der Waals surface area (Å²) in [5.41, 5.74) is 1.39. The normalized spacial score (nSPS) is 11.0. The van der Waals surface area contributed by atoms with Crippen molar-refractivity contribution in [2.24, 2.45) is 0 Å². The first-order valence-electron chi connectivity index (χ1n) is 5.98. The molecule has 0 spiro atoms. The number of esters is 1. The van der Waals surface area contributed by atoms with Gasteiger partial charge in [-0.05, 0) is 24.9 Å². The third-order valence-corrected chi connectivity index (χ3v) is 2.55. The van der Waals surface area contributed by atoms with Crippen molar-refractivity contribution >= 4 is 5.97 Å². The number of nitrogens with zero attached hydrogens (tertiary/aromatic N) is 5. The molecule has 0 aliphatic rings. The van der Waals surface area contributed by atoms with E-state index in [0.29, 0.717) is 17.2 Å². The van der Waals surface area contributed by atoms with Crippen LogP contribution in [0.1, 0.15) is 48.6 Å². The molecule has 8 nitrogen and oxygen atoms in total. The third kappa shape index (κ3) is 2.33. The molecule has 0 N–H and O–H groups in total. The van der Waals surface area contributed by atoms with Gasteiger partial charge < -0.3 is 4.74 Å². The molecule has 0 amide bonds. The molecule has 2 heterocycles. The SMILES string of the molecule is CCOC(=O)c1nnn(-c2nonc2C)c1C(C)C. The van der Waals surface area contributed by atoms with E-state index in [1.54, 1.807) is 13.8 Å². The number of carbonyl (C=O) groups is 1. The molecular weight excluding hydrogens is 250 g/mol. The maximum Gasteiger partial charge on any atom is 0.360 e. The summed E-state index contributed by atoms with van der Waals surface area (Å²) < 4.78 is 11.1. The molecule has 0 fully saturated rings. The van der Waals surface area contributed by atoms with Crippen molar-refractivity contribution in [1.82, 2.24) is 25.3 Å². The highest BCUT2D eigenvalue weighted by atomic mass is 16.6. The first kappa shape index (κ1) is 13.2. The summed E-state index contributed by atoms with van der Waals surface area (Å²) in [6.45, 7) is 7.63. The van der Waals surface area contributed by atoms with Crippen molar-refractivity contribution in [3.8, 4) is 5.82 Å². The number of hydrogen-bond donors (Lipinski definition) is 0. The Morgan fingerprint density at radius 2 is 2.16 bits per heavy atom. The molecular formula is C11H15N5O3. The minimum Gasteiger partial charge on any atom is -0.461 e. The highest BCUT2D eigenvalue weighted by molar-refractivity contribution is 5.88. The molecule has 0 aromatic carbocycles. The smallest absolute Gasteiger partial charge is 0.360 e. The van der Waals surface area contributed by atoms with Gasteiger partial charge in [0.05, 0.1) is 12.3 Å². The quantitative estimate of drug-likeness (QED) is 0.767. The Bertz CT molecular complexity index is 587. The topological polar surface area (TPSA) is 95.9 Å². The van der Waals surface area contributed by atoms with Crippen LogP contribution in [0.4, 0.5) is 0 Å². The second-order valence-electron chi connectivity index (χ2n) is 4.28. The van der Waals surface area contributed by atoms with E-state index in [-0.39, 0.29) is 18.2 Å². The average Bonchev–Trinajstić information content (AvgIpc) is 2.94. The summed E-state index contributed by atoms with van der Waals surface area (Å²) in [4.78, 5) is 11.8. The van der Waals surface area contributed by atoms with Gasteiger partial charge in [-0.2, -0.15) is 4.68 Å². The van der Waals surface area contributed by atoms with Crippen LogP contribution in [0.5, 0.6) is 0 Å². The van der Waals surface area contributed by atoms with Crippen LogP contribution in [-0.4, -0.2) is 37.9 Å². The summed E-state index contributed by atoms with van der Waals surface area (Å²) >= 11 is 0. The fraction of sp³-hybridized carbons (Fsp3) is 0.545. The minimum absolute atomic E-state index is 0.0190. The van der Waals surface area contributed by atoms with Crippen LogP contribution in [0.25, 0.3) is 5.82 Å². The predicted octanol–water partition coefficient (Wildman–Crippen LogP) is 1.26. The Balaban J connectivity index is 2.52. The number of hydrogen-bond acceptors (Lipinski definition) is 7. The monoisotopic (exact) mass is 265 g/mol. The highest BCUT2D eigenvalue weighted by Crippen LogP contribution is 2.22. The molecule has 2 aromatic rings. The van der Waals surface area contributed by atoms with Gasteiger partial charge in [0.1, 0.15) is 5.69 Å². The third-order valence-electron chi connectivity index (χ3n) is 2.55. The van der Waals surface area contributed by atoms with Gasteiger partial charge in [0.25, 0.3) is 0 Å². The van der Waals surface area contributed by atoms with Gasteiger partial charge >= 0.3 is 5.97 Å². The Morgan fingerprint density at radius 1 is 1.42 bits per heavy atom. The van der Waals surface area contributed by atoms with Crippen molar-refractivity contribution in [1.29, 1.82) is 0 Å². The zero-order chi connectivity index (χ0) is 14.0. The summed E-state index contributed by atoms with van der Waals surface area (Å²) in [6.07, 6.45) is 0. The first-order valence-corrected chi connectivity index (χ1v) is 5.98. The number of carbonyl (C=O) groups excluding carboxylic acids is 1. The van der Waals surface area contributed by atoms with Gasteiger partial charge in [-0.3, -0.25) is 0 Å². The molecule has 0 unspecified atom stereocenters. The maximum absolute atomic E-state index is 11.8. The van der Waals surface area contributed by atoms with Crippen molar-refractivity contribution in [3.05, 3.63) is 17.1 Å². The van der Waals surface area contributed by atoms with E-state index in [2.05, 4.69) is 25.3 Å². The molecule has 0 atom stereocenters. The highest BCUT2D eigenvalue weighted by Gasteiger charge is 2.26.